The van der Waals surface area contributed by atoms with Crippen LogP contribution in [0.2, 0.25) is 0 Å². The normalized spacial score (nSPS) is 12.1. The van der Waals surface area contributed by atoms with Gasteiger partial charge in [0.1, 0.15) is 11.4 Å². The summed E-state index contributed by atoms with van der Waals surface area (Å²) >= 11 is 0. The Morgan fingerprint density at radius 2 is 1.73 bits per heavy atom. The van der Waals surface area contributed by atoms with E-state index >= 15 is 0 Å². The van der Waals surface area contributed by atoms with Gasteiger partial charge in [0.25, 0.3) is 5.56 Å². The van der Waals surface area contributed by atoms with Gasteiger partial charge in [0.05, 0.1) is 16.3 Å². The fourth-order valence-corrected chi connectivity index (χ4v) is 4.46. The van der Waals surface area contributed by atoms with Crippen LogP contribution >= 0.6 is 0 Å². The van der Waals surface area contributed by atoms with Gasteiger partial charge in [-0.15, -0.1) is 10.2 Å². The van der Waals surface area contributed by atoms with Crippen molar-refractivity contribution in [1.82, 2.24) is 14.1 Å². The minimum absolute atomic E-state index is 0.0353. The molecule has 0 saturated carbocycles. The van der Waals surface area contributed by atoms with Crippen LogP contribution in [0.15, 0.2) is 68.4 Å². The van der Waals surface area contributed by atoms with E-state index in [1.165, 1.54) is 21.1 Å². The zero-order valence-electron chi connectivity index (χ0n) is 16.9. The number of para-hydroxylation sites is 1. The lowest BCUT2D eigenvalue weighted by molar-refractivity contribution is 0.443. The number of nitrogens with zero attached hydrogens (tertiary/aromatic N) is 4. The molecule has 30 heavy (non-hydrogen) atoms. The summed E-state index contributed by atoms with van der Waals surface area (Å²) < 4.78 is 27.8. The lowest BCUT2D eigenvalue weighted by Crippen LogP contribution is -2.30. The summed E-state index contributed by atoms with van der Waals surface area (Å²) in [5, 5.41) is 21.1. The molecule has 0 spiro atoms. The molecule has 3 rings (SSSR count). The van der Waals surface area contributed by atoms with E-state index in [4.69, 9.17) is 0 Å². The van der Waals surface area contributed by atoms with Crippen LogP contribution in [-0.4, -0.2) is 40.7 Å². The number of phenolic OH excluding ortho intramolecular Hbond substituents is 1. The zero-order chi connectivity index (χ0) is 21.9. The van der Waals surface area contributed by atoms with Crippen LogP contribution in [0.3, 0.4) is 0 Å². The van der Waals surface area contributed by atoms with Gasteiger partial charge in [-0.1, -0.05) is 32.0 Å². The van der Waals surface area contributed by atoms with Crippen molar-refractivity contribution in [3.63, 3.8) is 0 Å². The van der Waals surface area contributed by atoms with Crippen LogP contribution in [0.4, 0.5) is 11.4 Å². The summed E-state index contributed by atoms with van der Waals surface area (Å²) in [5.74, 6) is -0.344. The Balaban J connectivity index is 1.93. The summed E-state index contributed by atoms with van der Waals surface area (Å²) in [7, 11) is -3.71. The predicted molar refractivity (Wildman–Crippen MR) is 114 cm³/mol. The summed E-state index contributed by atoms with van der Waals surface area (Å²) in [6.07, 6.45) is 0. The summed E-state index contributed by atoms with van der Waals surface area (Å²) in [6, 6.07) is 12.9. The Hall–Kier alpha value is -3.24. The van der Waals surface area contributed by atoms with Gasteiger partial charge >= 0.3 is 0 Å². The number of rotatable bonds is 7. The number of aromatic nitrogens is 2. The number of aryl methyl sites for hydroxylation is 1. The number of azo groups is 1. The molecule has 0 saturated heterocycles. The minimum atomic E-state index is -3.71. The van der Waals surface area contributed by atoms with Crippen LogP contribution in [0.1, 0.15) is 19.5 Å². The number of nitrogens with one attached hydrogen (secondary N) is 1. The van der Waals surface area contributed by atoms with E-state index in [-0.39, 0.29) is 27.6 Å². The van der Waals surface area contributed by atoms with Crippen molar-refractivity contribution < 1.29 is 13.5 Å². The van der Waals surface area contributed by atoms with E-state index in [1.54, 1.807) is 32.9 Å². The summed E-state index contributed by atoms with van der Waals surface area (Å²) in [5.41, 5.74) is 0.925. The first-order chi connectivity index (χ1) is 14.3. The monoisotopic (exact) mass is 429 g/mol. The maximum Gasteiger partial charge on any atom is 0.299 e. The van der Waals surface area contributed by atoms with Crippen molar-refractivity contribution in [3.05, 3.63) is 64.6 Å². The molecule has 0 amide bonds. The molecule has 0 unspecified atom stereocenters. The van der Waals surface area contributed by atoms with E-state index in [0.717, 1.165) is 6.07 Å². The number of phenols is 1. The Labute approximate surface area is 174 Å². The third-order valence-corrected chi connectivity index (χ3v) is 6.65. The molecule has 158 valence electrons. The fourth-order valence-electron chi connectivity index (χ4n) is 2.98. The largest absolute Gasteiger partial charge is 0.506 e. The SMILES string of the molecule is CCN(CC)S(=O)(=O)c1ccc(N=Nc2c(C)[nH]n(-c3ccccc3)c2=O)c(O)c1. The van der Waals surface area contributed by atoms with E-state index in [1.807, 2.05) is 18.2 Å². The molecule has 3 aromatic rings. The van der Waals surface area contributed by atoms with Gasteiger partial charge in [-0.3, -0.25) is 9.89 Å². The van der Waals surface area contributed by atoms with Gasteiger partial charge in [0.2, 0.25) is 10.0 Å². The van der Waals surface area contributed by atoms with Gasteiger partial charge in [0.15, 0.2) is 5.69 Å². The third-order valence-electron chi connectivity index (χ3n) is 4.60. The Morgan fingerprint density at radius 1 is 1.07 bits per heavy atom. The minimum Gasteiger partial charge on any atom is -0.506 e. The molecule has 0 aliphatic rings. The van der Waals surface area contributed by atoms with Gasteiger partial charge in [-0.25, -0.2) is 13.1 Å². The van der Waals surface area contributed by atoms with E-state index in [2.05, 4.69) is 15.3 Å². The van der Waals surface area contributed by atoms with Crippen LogP contribution in [0.5, 0.6) is 5.75 Å². The molecule has 0 radical (unpaired) electrons. The van der Waals surface area contributed by atoms with Crippen molar-refractivity contribution in [3.8, 4) is 11.4 Å². The van der Waals surface area contributed by atoms with Crippen molar-refractivity contribution in [2.24, 2.45) is 10.2 Å². The Morgan fingerprint density at radius 3 is 2.33 bits per heavy atom. The lowest BCUT2D eigenvalue weighted by Gasteiger charge is -2.18. The maximum absolute atomic E-state index is 12.7. The van der Waals surface area contributed by atoms with Crippen molar-refractivity contribution >= 4 is 21.4 Å². The Kier molecular flexibility index (Phi) is 6.18. The second kappa shape index (κ2) is 8.64. The number of aromatic hydroxyl groups is 1. The zero-order valence-corrected chi connectivity index (χ0v) is 17.7. The molecule has 0 bridgehead atoms. The highest BCUT2D eigenvalue weighted by Crippen LogP contribution is 2.31. The van der Waals surface area contributed by atoms with Crippen LogP contribution in [-0.2, 0) is 10.0 Å². The summed E-state index contributed by atoms with van der Waals surface area (Å²) in [4.78, 5) is 12.6. The highest BCUT2D eigenvalue weighted by Gasteiger charge is 2.22. The average Bonchev–Trinajstić information content (AvgIpc) is 3.02. The number of sulfonamides is 1. The van der Waals surface area contributed by atoms with Crippen molar-refractivity contribution in [2.75, 3.05) is 13.1 Å². The quantitative estimate of drug-likeness (QED) is 0.557. The predicted octanol–water partition coefficient (Wildman–Crippen LogP) is 3.63. The second-order valence-corrected chi connectivity index (χ2v) is 8.44. The smallest absolute Gasteiger partial charge is 0.299 e. The molecular formula is C20H23N5O4S. The molecule has 2 aromatic carbocycles. The molecule has 0 aliphatic heterocycles. The standard InChI is InChI=1S/C20H23N5O4S/c1-4-24(5-2)30(28,29)16-11-12-17(18(26)13-16)21-22-19-14(3)23-25(20(19)27)15-9-7-6-8-10-15/h6-13,23,26H,4-5H2,1-3H3. The Bertz CT molecular complexity index is 1230. The number of H-pyrrole nitrogens is 1. The number of hydrogen-bond acceptors (Lipinski definition) is 6. The van der Waals surface area contributed by atoms with E-state index < -0.39 is 10.0 Å². The fraction of sp³-hybridized carbons (Fsp3) is 0.250. The molecule has 0 aliphatic carbocycles. The molecule has 1 heterocycles. The van der Waals surface area contributed by atoms with Gasteiger partial charge < -0.3 is 5.11 Å². The lowest BCUT2D eigenvalue weighted by atomic mass is 10.3. The highest BCUT2D eigenvalue weighted by molar-refractivity contribution is 7.89. The third kappa shape index (κ3) is 4.05. The molecular weight excluding hydrogens is 406 g/mol. The van der Waals surface area contributed by atoms with E-state index in [9.17, 15) is 18.3 Å². The average molecular weight is 430 g/mol. The van der Waals surface area contributed by atoms with Crippen LogP contribution in [0, 0.1) is 6.92 Å². The molecule has 0 fully saturated rings. The molecule has 10 heteroatoms. The van der Waals surface area contributed by atoms with Crippen LogP contribution < -0.4 is 5.56 Å². The van der Waals surface area contributed by atoms with Gasteiger partial charge in [-0.2, -0.15) is 4.31 Å². The van der Waals surface area contributed by atoms with Crippen molar-refractivity contribution in [1.29, 1.82) is 0 Å². The molecule has 0 atom stereocenters. The van der Waals surface area contributed by atoms with Crippen molar-refractivity contribution in [2.45, 2.75) is 25.7 Å². The maximum atomic E-state index is 12.7. The summed E-state index contributed by atoms with van der Waals surface area (Å²) in [6.45, 7) is 5.81. The first kappa shape index (κ1) is 21.5. The van der Waals surface area contributed by atoms with Gasteiger partial charge in [0, 0.05) is 19.2 Å². The first-order valence-electron chi connectivity index (χ1n) is 9.41. The van der Waals surface area contributed by atoms with Crippen LogP contribution in [0.25, 0.3) is 5.69 Å². The number of aromatic amines is 1. The first-order valence-corrected chi connectivity index (χ1v) is 10.9. The molecule has 2 N–H and O–H groups in total. The number of hydrogen-bond donors (Lipinski definition) is 2. The molecule has 9 nitrogen and oxygen atoms in total. The highest BCUT2D eigenvalue weighted by atomic mass is 32.2. The second-order valence-electron chi connectivity index (χ2n) is 6.50. The number of benzene rings is 2. The van der Waals surface area contributed by atoms with E-state index in [0.29, 0.717) is 24.5 Å². The topological polar surface area (TPSA) is 120 Å². The molecule has 1 aromatic heterocycles. The van der Waals surface area contributed by atoms with Gasteiger partial charge in [-0.05, 0) is 31.2 Å².